The Morgan fingerprint density at radius 1 is 1.12 bits per heavy atom. The summed E-state index contributed by atoms with van der Waals surface area (Å²) in [5.41, 5.74) is 9.01. The highest BCUT2D eigenvalue weighted by Crippen LogP contribution is 2.35. The zero-order valence-corrected chi connectivity index (χ0v) is 14.8. The number of pyridine rings is 1. The highest BCUT2D eigenvalue weighted by molar-refractivity contribution is 9.10. The molecule has 6 heteroatoms. The van der Waals surface area contributed by atoms with Crippen LogP contribution < -0.4 is 10.5 Å². The largest absolute Gasteiger partial charge is 0.496 e. The number of nitrogen functional groups attached to an aromatic ring is 1. The molecule has 0 saturated carbocycles. The summed E-state index contributed by atoms with van der Waals surface area (Å²) in [5.74, 6) is 0.485. The molecule has 2 N–H and O–H groups in total. The zero-order chi connectivity index (χ0) is 18.0. The second kappa shape index (κ2) is 6.91. The number of rotatable bonds is 3. The van der Waals surface area contributed by atoms with Crippen LogP contribution in [-0.2, 0) is 0 Å². The van der Waals surface area contributed by atoms with Gasteiger partial charge in [0.25, 0.3) is 0 Å². The number of hydrogen-bond donors (Lipinski definition) is 1. The number of anilines is 1. The van der Waals surface area contributed by atoms with Gasteiger partial charge in [0.1, 0.15) is 29.0 Å². The summed E-state index contributed by atoms with van der Waals surface area (Å²) in [6, 6.07) is 15.3. The highest BCUT2D eigenvalue weighted by atomic mass is 79.9. The Labute approximate surface area is 152 Å². The molecule has 1 aromatic heterocycles. The molecule has 0 atom stereocenters. The van der Waals surface area contributed by atoms with Gasteiger partial charge in [-0.15, -0.1) is 0 Å². The van der Waals surface area contributed by atoms with Gasteiger partial charge in [0.05, 0.1) is 17.3 Å². The van der Waals surface area contributed by atoms with E-state index >= 15 is 0 Å². The van der Waals surface area contributed by atoms with Crippen molar-refractivity contribution < 1.29 is 9.13 Å². The first-order valence-electron chi connectivity index (χ1n) is 7.34. The van der Waals surface area contributed by atoms with E-state index < -0.39 is 0 Å². The Morgan fingerprint density at radius 3 is 2.40 bits per heavy atom. The van der Waals surface area contributed by atoms with E-state index in [0.29, 0.717) is 28.1 Å². The van der Waals surface area contributed by atoms with Crippen LogP contribution in [0.2, 0.25) is 0 Å². The van der Waals surface area contributed by atoms with Crippen LogP contribution in [0.15, 0.2) is 53.0 Å². The molecule has 0 fully saturated rings. The van der Waals surface area contributed by atoms with Crippen LogP contribution in [0.3, 0.4) is 0 Å². The van der Waals surface area contributed by atoms with Crippen molar-refractivity contribution in [3.63, 3.8) is 0 Å². The minimum Gasteiger partial charge on any atom is -0.496 e. The number of ether oxygens (including phenoxy) is 1. The summed E-state index contributed by atoms with van der Waals surface area (Å²) in [6.07, 6.45) is 0. The summed E-state index contributed by atoms with van der Waals surface area (Å²) in [4.78, 5) is 4.28. The topological polar surface area (TPSA) is 71.9 Å². The maximum atomic E-state index is 13.2. The molecule has 25 heavy (non-hydrogen) atoms. The first kappa shape index (κ1) is 16.9. The molecule has 0 aliphatic heterocycles. The van der Waals surface area contributed by atoms with E-state index in [4.69, 9.17) is 10.5 Å². The van der Waals surface area contributed by atoms with E-state index in [1.54, 1.807) is 31.4 Å². The van der Waals surface area contributed by atoms with E-state index in [-0.39, 0.29) is 11.6 Å². The van der Waals surface area contributed by atoms with Gasteiger partial charge in [0.15, 0.2) is 0 Å². The zero-order valence-electron chi connectivity index (χ0n) is 13.3. The van der Waals surface area contributed by atoms with Crippen molar-refractivity contribution in [3.05, 3.63) is 64.4 Å². The number of benzene rings is 2. The third-order valence-electron chi connectivity index (χ3n) is 3.76. The first-order chi connectivity index (χ1) is 12.0. The lowest BCUT2D eigenvalue weighted by Crippen LogP contribution is -2.00. The van der Waals surface area contributed by atoms with Crippen molar-refractivity contribution in [3.8, 4) is 34.2 Å². The monoisotopic (exact) mass is 397 g/mol. The lowest BCUT2D eigenvalue weighted by molar-refractivity contribution is 0.412. The molecule has 0 aliphatic rings. The van der Waals surface area contributed by atoms with Crippen LogP contribution in [0.4, 0.5) is 10.2 Å². The lowest BCUT2D eigenvalue weighted by Gasteiger charge is -2.12. The molecular weight excluding hydrogens is 385 g/mol. The van der Waals surface area contributed by atoms with Crippen LogP contribution in [0, 0.1) is 17.1 Å². The molecule has 3 rings (SSSR count). The van der Waals surface area contributed by atoms with E-state index in [0.717, 1.165) is 10.0 Å². The second-order valence-electron chi connectivity index (χ2n) is 5.28. The standard InChI is InChI=1S/C19H13BrFN3O/c1-25-18-7-4-12(8-16(18)20)14-9-17(24-19(23)15(14)10-22)11-2-5-13(21)6-3-11/h2-9H,1H3,(H2,23,24). The number of methoxy groups -OCH3 is 1. The van der Waals surface area contributed by atoms with Gasteiger partial charge in [0.2, 0.25) is 0 Å². The van der Waals surface area contributed by atoms with E-state index in [1.165, 1.54) is 12.1 Å². The van der Waals surface area contributed by atoms with Gasteiger partial charge in [0, 0.05) is 11.1 Å². The Balaban J connectivity index is 2.19. The lowest BCUT2D eigenvalue weighted by atomic mass is 9.98. The minimum atomic E-state index is -0.329. The SMILES string of the molecule is COc1ccc(-c2cc(-c3ccc(F)cc3)nc(N)c2C#N)cc1Br. The smallest absolute Gasteiger partial charge is 0.142 e. The fourth-order valence-corrected chi connectivity index (χ4v) is 3.05. The van der Waals surface area contributed by atoms with Gasteiger partial charge in [-0.2, -0.15) is 5.26 Å². The van der Waals surface area contributed by atoms with Gasteiger partial charge in [-0.1, -0.05) is 6.07 Å². The first-order valence-corrected chi connectivity index (χ1v) is 8.13. The van der Waals surface area contributed by atoms with E-state index in [2.05, 4.69) is 27.0 Å². The van der Waals surface area contributed by atoms with Crippen molar-refractivity contribution in [2.24, 2.45) is 0 Å². The summed E-state index contributed by atoms with van der Waals surface area (Å²) in [7, 11) is 1.58. The summed E-state index contributed by atoms with van der Waals surface area (Å²) >= 11 is 3.44. The minimum absolute atomic E-state index is 0.131. The van der Waals surface area contributed by atoms with Gasteiger partial charge in [-0.3, -0.25) is 0 Å². The molecule has 0 spiro atoms. The number of hydrogen-bond acceptors (Lipinski definition) is 4. The van der Waals surface area contributed by atoms with E-state index in [9.17, 15) is 9.65 Å². The fourth-order valence-electron chi connectivity index (χ4n) is 2.51. The molecule has 0 saturated heterocycles. The Hall–Kier alpha value is -2.91. The van der Waals surface area contributed by atoms with Crippen LogP contribution in [0.1, 0.15) is 5.56 Å². The maximum absolute atomic E-state index is 13.2. The molecule has 0 radical (unpaired) electrons. The van der Waals surface area contributed by atoms with Crippen molar-refractivity contribution in [2.45, 2.75) is 0 Å². The summed E-state index contributed by atoms with van der Waals surface area (Å²) < 4.78 is 19.2. The van der Waals surface area contributed by atoms with Crippen molar-refractivity contribution in [1.29, 1.82) is 5.26 Å². The molecule has 0 amide bonds. The maximum Gasteiger partial charge on any atom is 0.142 e. The van der Waals surface area contributed by atoms with Gasteiger partial charge >= 0.3 is 0 Å². The van der Waals surface area contributed by atoms with Crippen molar-refractivity contribution in [1.82, 2.24) is 4.98 Å². The molecular formula is C19H13BrFN3O. The number of aromatic nitrogens is 1. The molecule has 0 aliphatic carbocycles. The Kier molecular flexibility index (Phi) is 4.68. The third kappa shape index (κ3) is 3.32. The third-order valence-corrected chi connectivity index (χ3v) is 4.38. The van der Waals surface area contributed by atoms with E-state index in [1.807, 2.05) is 12.1 Å². The fraction of sp³-hybridized carbons (Fsp3) is 0.0526. The average molecular weight is 398 g/mol. The normalized spacial score (nSPS) is 10.3. The number of nitriles is 1. The quantitative estimate of drug-likeness (QED) is 0.689. The molecule has 0 bridgehead atoms. The molecule has 0 unspecified atom stereocenters. The molecule has 2 aromatic carbocycles. The second-order valence-corrected chi connectivity index (χ2v) is 6.14. The number of halogens is 2. The van der Waals surface area contributed by atoms with Crippen molar-refractivity contribution >= 4 is 21.7 Å². The average Bonchev–Trinajstić information content (AvgIpc) is 2.61. The van der Waals surface area contributed by atoms with Gasteiger partial charge in [-0.05, 0) is 64.0 Å². The van der Waals surface area contributed by atoms with Crippen LogP contribution in [0.25, 0.3) is 22.4 Å². The molecule has 3 aromatic rings. The molecule has 1 heterocycles. The predicted octanol–water partition coefficient (Wildman–Crippen LogP) is 4.78. The van der Waals surface area contributed by atoms with Crippen LogP contribution in [0.5, 0.6) is 5.75 Å². The number of nitrogens with zero attached hydrogens (tertiary/aromatic N) is 2. The Bertz CT molecular complexity index is 981. The highest BCUT2D eigenvalue weighted by Gasteiger charge is 2.14. The van der Waals surface area contributed by atoms with Crippen LogP contribution in [-0.4, -0.2) is 12.1 Å². The molecule has 124 valence electrons. The molecule has 4 nitrogen and oxygen atoms in total. The van der Waals surface area contributed by atoms with Crippen molar-refractivity contribution in [2.75, 3.05) is 12.8 Å². The predicted molar refractivity (Wildman–Crippen MR) is 98.4 cm³/mol. The summed E-state index contributed by atoms with van der Waals surface area (Å²) in [5, 5.41) is 9.47. The summed E-state index contributed by atoms with van der Waals surface area (Å²) in [6.45, 7) is 0. The number of nitrogens with two attached hydrogens (primary N) is 1. The van der Waals surface area contributed by atoms with Crippen LogP contribution >= 0.6 is 15.9 Å². The Morgan fingerprint density at radius 2 is 1.80 bits per heavy atom. The van der Waals surface area contributed by atoms with Gasteiger partial charge < -0.3 is 10.5 Å². The van der Waals surface area contributed by atoms with Gasteiger partial charge in [-0.25, -0.2) is 9.37 Å².